The molecule has 0 saturated heterocycles. The number of hydrogen-bond acceptors (Lipinski definition) is 5. The molecule has 0 aliphatic rings. The van der Waals surface area contributed by atoms with Crippen LogP contribution in [0.25, 0.3) is 20.7 Å². The Morgan fingerprint density at radius 1 is 0.970 bits per heavy atom. The van der Waals surface area contributed by atoms with Gasteiger partial charge in [0.1, 0.15) is 17.1 Å². The van der Waals surface area contributed by atoms with Crippen LogP contribution >= 0.6 is 34.5 Å². The van der Waals surface area contributed by atoms with Crippen LogP contribution in [0.15, 0.2) is 84.0 Å². The monoisotopic (exact) mass is 493 g/mol. The fourth-order valence-corrected chi connectivity index (χ4v) is 4.87. The standard InChI is InChI=1S/C25H17Cl2N3O2S/c26-18-7-4-16(5-8-18)13-30-15-29-25(31)24-21(30)12-23(33-24)17-6-9-22(20(27)11-17)32-14-19-3-1-2-10-28-19/h1-12,15H,13-14H2. The maximum atomic E-state index is 12.4. The van der Waals surface area contributed by atoms with Crippen LogP contribution in [0.3, 0.4) is 0 Å². The van der Waals surface area contributed by atoms with Crippen molar-refractivity contribution in [1.82, 2.24) is 14.5 Å². The Morgan fingerprint density at radius 3 is 2.58 bits per heavy atom. The van der Waals surface area contributed by atoms with E-state index in [0.29, 0.717) is 33.6 Å². The van der Waals surface area contributed by atoms with Crippen LogP contribution < -0.4 is 10.3 Å². The minimum atomic E-state index is -0.241. The molecular formula is C25H17Cl2N3O2S. The molecule has 0 aliphatic carbocycles. The zero-order valence-corrected chi connectivity index (χ0v) is 19.6. The van der Waals surface area contributed by atoms with E-state index in [-0.39, 0.29) is 5.56 Å². The van der Waals surface area contributed by atoms with E-state index in [1.807, 2.05) is 71.3 Å². The molecule has 3 aromatic heterocycles. The fraction of sp³-hybridized carbons (Fsp3) is 0.0800. The van der Waals surface area contributed by atoms with Gasteiger partial charge in [0, 0.05) is 22.6 Å². The van der Waals surface area contributed by atoms with Gasteiger partial charge in [0.05, 0.1) is 22.6 Å². The fourth-order valence-electron chi connectivity index (χ4n) is 3.45. The van der Waals surface area contributed by atoms with E-state index >= 15 is 0 Å². The Labute approximate surface area is 203 Å². The number of thiophene rings is 1. The second-order valence-electron chi connectivity index (χ2n) is 7.38. The van der Waals surface area contributed by atoms with Crippen LogP contribution in [-0.4, -0.2) is 14.5 Å². The highest BCUT2D eigenvalue weighted by Gasteiger charge is 2.13. The van der Waals surface area contributed by atoms with Crippen LogP contribution in [0.2, 0.25) is 10.0 Å². The average molecular weight is 494 g/mol. The number of ether oxygens (including phenoxy) is 1. The predicted molar refractivity (Wildman–Crippen MR) is 133 cm³/mol. The van der Waals surface area contributed by atoms with Gasteiger partial charge in [-0.25, -0.2) is 0 Å². The summed E-state index contributed by atoms with van der Waals surface area (Å²) >= 11 is 13.9. The smallest absolute Gasteiger partial charge is 0.290 e. The molecule has 0 unspecified atom stereocenters. The SMILES string of the molecule is O=c1ncn(Cc2ccc(Cl)cc2)c2cc(-c3ccc(OCc4ccccn4)c(Cl)c3)sc12. The van der Waals surface area contributed by atoms with Gasteiger partial charge in [-0.15, -0.1) is 11.3 Å². The van der Waals surface area contributed by atoms with Crippen LogP contribution in [0.5, 0.6) is 5.75 Å². The maximum absolute atomic E-state index is 12.4. The van der Waals surface area contributed by atoms with Crippen molar-refractivity contribution in [3.05, 3.63) is 111 Å². The van der Waals surface area contributed by atoms with Crippen molar-refractivity contribution in [3.63, 3.8) is 0 Å². The number of rotatable bonds is 6. The highest BCUT2D eigenvalue weighted by molar-refractivity contribution is 7.22. The first-order valence-electron chi connectivity index (χ1n) is 10.1. The van der Waals surface area contributed by atoms with Crippen LogP contribution in [0.4, 0.5) is 0 Å². The quantitative estimate of drug-likeness (QED) is 0.272. The largest absolute Gasteiger partial charge is 0.486 e. The first-order valence-corrected chi connectivity index (χ1v) is 11.7. The molecule has 0 amide bonds. The lowest BCUT2D eigenvalue weighted by atomic mass is 10.1. The zero-order valence-electron chi connectivity index (χ0n) is 17.2. The summed E-state index contributed by atoms with van der Waals surface area (Å²) in [6.07, 6.45) is 3.31. The van der Waals surface area contributed by atoms with Crippen molar-refractivity contribution < 1.29 is 4.74 Å². The molecule has 5 nitrogen and oxygen atoms in total. The van der Waals surface area contributed by atoms with Crippen molar-refractivity contribution in [3.8, 4) is 16.2 Å². The van der Waals surface area contributed by atoms with E-state index in [1.165, 1.54) is 11.3 Å². The molecule has 2 aromatic carbocycles. The molecule has 3 heterocycles. The van der Waals surface area contributed by atoms with Gasteiger partial charge in [0.25, 0.3) is 5.56 Å². The van der Waals surface area contributed by atoms with Gasteiger partial charge in [0.15, 0.2) is 0 Å². The normalized spacial score (nSPS) is 11.1. The minimum absolute atomic E-state index is 0.241. The summed E-state index contributed by atoms with van der Waals surface area (Å²) in [5.74, 6) is 0.580. The van der Waals surface area contributed by atoms with E-state index in [0.717, 1.165) is 27.2 Å². The molecule has 0 radical (unpaired) electrons. The third-order valence-corrected chi connectivity index (χ3v) is 6.82. The Kier molecular flexibility index (Phi) is 6.13. The van der Waals surface area contributed by atoms with Gasteiger partial charge < -0.3 is 9.30 Å². The molecule has 5 rings (SSSR count). The lowest BCUT2D eigenvalue weighted by Crippen LogP contribution is -2.11. The van der Waals surface area contributed by atoms with E-state index < -0.39 is 0 Å². The number of nitrogens with zero attached hydrogens (tertiary/aromatic N) is 3. The molecule has 0 saturated carbocycles. The maximum Gasteiger partial charge on any atom is 0.290 e. The summed E-state index contributed by atoms with van der Waals surface area (Å²) in [6.45, 7) is 0.914. The second kappa shape index (κ2) is 9.35. The third-order valence-electron chi connectivity index (χ3n) is 5.11. The summed E-state index contributed by atoms with van der Waals surface area (Å²) < 4.78 is 8.39. The number of hydrogen-bond donors (Lipinski definition) is 0. The number of benzene rings is 2. The van der Waals surface area contributed by atoms with Gasteiger partial charge in [-0.3, -0.25) is 9.78 Å². The highest BCUT2D eigenvalue weighted by Crippen LogP contribution is 2.36. The van der Waals surface area contributed by atoms with Crippen molar-refractivity contribution >= 4 is 44.8 Å². The van der Waals surface area contributed by atoms with Crippen molar-refractivity contribution in [1.29, 1.82) is 0 Å². The Morgan fingerprint density at radius 2 is 1.82 bits per heavy atom. The number of pyridine rings is 1. The summed E-state index contributed by atoms with van der Waals surface area (Å²) in [4.78, 5) is 21.7. The molecule has 0 bridgehead atoms. The summed E-state index contributed by atoms with van der Waals surface area (Å²) in [5, 5.41) is 1.18. The lowest BCUT2D eigenvalue weighted by molar-refractivity contribution is 0.301. The molecule has 0 fully saturated rings. The van der Waals surface area contributed by atoms with E-state index in [4.69, 9.17) is 27.9 Å². The molecule has 8 heteroatoms. The number of aromatic nitrogens is 3. The van der Waals surface area contributed by atoms with Crippen LogP contribution in [0, 0.1) is 0 Å². The molecule has 33 heavy (non-hydrogen) atoms. The third kappa shape index (κ3) is 4.78. The summed E-state index contributed by atoms with van der Waals surface area (Å²) in [6, 6.07) is 20.9. The molecular weight excluding hydrogens is 477 g/mol. The highest BCUT2D eigenvalue weighted by atomic mass is 35.5. The van der Waals surface area contributed by atoms with Crippen molar-refractivity contribution in [2.45, 2.75) is 13.2 Å². The molecule has 0 aliphatic heterocycles. The first kappa shape index (κ1) is 21.6. The molecule has 5 aromatic rings. The van der Waals surface area contributed by atoms with E-state index in [2.05, 4.69) is 9.97 Å². The van der Waals surface area contributed by atoms with Gasteiger partial charge in [-0.1, -0.05) is 41.4 Å². The second-order valence-corrected chi connectivity index (χ2v) is 9.28. The number of halogens is 2. The van der Waals surface area contributed by atoms with Crippen LogP contribution in [0.1, 0.15) is 11.3 Å². The Bertz CT molecular complexity index is 1480. The van der Waals surface area contributed by atoms with Gasteiger partial charge in [-0.05, 0) is 59.7 Å². The first-order chi connectivity index (χ1) is 16.1. The molecule has 0 atom stereocenters. The topological polar surface area (TPSA) is 57.0 Å². The van der Waals surface area contributed by atoms with E-state index in [9.17, 15) is 4.79 Å². The van der Waals surface area contributed by atoms with Gasteiger partial charge >= 0.3 is 0 Å². The Hall–Kier alpha value is -3.19. The molecule has 0 spiro atoms. The molecule has 164 valence electrons. The van der Waals surface area contributed by atoms with Crippen LogP contribution in [-0.2, 0) is 13.2 Å². The molecule has 0 N–H and O–H groups in total. The van der Waals surface area contributed by atoms with E-state index in [1.54, 1.807) is 12.5 Å². The minimum Gasteiger partial charge on any atom is -0.486 e. The summed E-state index contributed by atoms with van der Waals surface area (Å²) in [7, 11) is 0. The predicted octanol–water partition coefficient (Wildman–Crippen LogP) is 6.45. The Balaban J connectivity index is 1.43. The zero-order chi connectivity index (χ0) is 22.8. The lowest BCUT2D eigenvalue weighted by Gasteiger charge is -2.09. The number of fused-ring (bicyclic) bond motifs is 1. The summed E-state index contributed by atoms with van der Waals surface area (Å²) in [5.41, 5.74) is 3.38. The average Bonchev–Trinajstić information content (AvgIpc) is 3.29. The van der Waals surface area contributed by atoms with Crippen molar-refractivity contribution in [2.75, 3.05) is 0 Å². The van der Waals surface area contributed by atoms with Crippen molar-refractivity contribution in [2.24, 2.45) is 0 Å². The van der Waals surface area contributed by atoms with Gasteiger partial charge in [0.2, 0.25) is 0 Å². The van der Waals surface area contributed by atoms with Gasteiger partial charge in [-0.2, -0.15) is 4.98 Å².